The minimum absolute atomic E-state index is 0.0899. The molecule has 1 unspecified atom stereocenters. The van der Waals surface area contributed by atoms with Gasteiger partial charge in [-0.1, -0.05) is 12.1 Å². The van der Waals surface area contributed by atoms with Gasteiger partial charge in [-0.25, -0.2) is 4.39 Å². The van der Waals surface area contributed by atoms with Gasteiger partial charge >= 0.3 is 0 Å². The first-order chi connectivity index (χ1) is 10.2. The summed E-state index contributed by atoms with van der Waals surface area (Å²) in [6.07, 6.45) is 2.50. The summed E-state index contributed by atoms with van der Waals surface area (Å²) in [6, 6.07) is 6.25. The third-order valence-electron chi connectivity index (χ3n) is 3.77. The first-order valence-electron chi connectivity index (χ1n) is 7.50. The number of amides is 1. The number of piperidine rings is 1. The predicted octanol–water partition coefficient (Wildman–Crippen LogP) is 2.05. The Balaban J connectivity index is 1.75. The van der Waals surface area contributed by atoms with Crippen molar-refractivity contribution in [1.29, 1.82) is 0 Å². The summed E-state index contributed by atoms with van der Waals surface area (Å²) in [4.78, 5) is 14.1. The van der Waals surface area contributed by atoms with Gasteiger partial charge in [-0.2, -0.15) is 0 Å². The van der Waals surface area contributed by atoms with E-state index in [2.05, 4.69) is 5.32 Å². The van der Waals surface area contributed by atoms with Crippen molar-refractivity contribution in [2.24, 2.45) is 5.92 Å². The van der Waals surface area contributed by atoms with Gasteiger partial charge in [-0.05, 0) is 44.5 Å². The molecule has 1 N–H and O–H groups in total. The predicted molar refractivity (Wildman–Crippen MR) is 79.7 cm³/mol. The fraction of sp³-hybridized carbons (Fsp3) is 0.562. The third kappa shape index (κ3) is 4.70. The van der Waals surface area contributed by atoms with Gasteiger partial charge in [0.15, 0.2) is 11.6 Å². The molecule has 4 nitrogen and oxygen atoms in total. The lowest BCUT2D eigenvalue weighted by atomic mass is 9.98. The molecular weight excluding hydrogens is 271 g/mol. The smallest absolute Gasteiger partial charge is 0.226 e. The molecule has 0 aliphatic carbocycles. The zero-order valence-electron chi connectivity index (χ0n) is 12.5. The van der Waals surface area contributed by atoms with Gasteiger partial charge in [0.1, 0.15) is 0 Å². The number of ether oxygens (including phenoxy) is 1. The molecule has 5 heteroatoms. The molecule has 0 bridgehead atoms. The Kier molecular flexibility index (Phi) is 5.99. The number of benzene rings is 1. The Hall–Kier alpha value is -1.62. The molecule has 1 aromatic rings. The Bertz CT molecular complexity index is 465. The molecule has 1 aliphatic rings. The fourth-order valence-electron chi connectivity index (χ4n) is 2.72. The highest BCUT2D eigenvalue weighted by atomic mass is 19.1. The van der Waals surface area contributed by atoms with Crippen molar-refractivity contribution in [3.05, 3.63) is 30.1 Å². The molecule has 0 radical (unpaired) electrons. The number of rotatable bonds is 6. The van der Waals surface area contributed by atoms with Crippen LogP contribution >= 0.6 is 0 Å². The zero-order chi connectivity index (χ0) is 15.1. The van der Waals surface area contributed by atoms with Gasteiger partial charge in [0.2, 0.25) is 5.91 Å². The molecule has 0 spiro atoms. The van der Waals surface area contributed by atoms with E-state index in [1.54, 1.807) is 18.2 Å². The normalized spacial score (nSPS) is 18.6. The summed E-state index contributed by atoms with van der Waals surface area (Å²) >= 11 is 0. The lowest BCUT2D eigenvalue weighted by molar-refractivity contribution is -0.133. The third-order valence-corrected chi connectivity index (χ3v) is 3.77. The van der Waals surface area contributed by atoms with Crippen LogP contribution in [-0.2, 0) is 4.79 Å². The van der Waals surface area contributed by atoms with Crippen LogP contribution in [0.3, 0.4) is 0 Å². The first-order valence-corrected chi connectivity index (χ1v) is 7.50. The SMILES string of the molecule is CNCC1CCCN(C(=O)CCOc2ccccc2F)C1. The van der Waals surface area contributed by atoms with E-state index >= 15 is 0 Å². The van der Waals surface area contributed by atoms with Gasteiger partial charge in [0.25, 0.3) is 0 Å². The largest absolute Gasteiger partial charge is 0.490 e. The van der Waals surface area contributed by atoms with Crippen LogP contribution < -0.4 is 10.1 Å². The van der Waals surface area contributed by atoms with Crippen molar-refractivity contribution in [3.63, 3.8) is 0 Å². The van der Waals surface area contributed by atoms with Crippen molar-refractivity contribution in [3.8, 4) is 5.75 Å². The van der Waals surface area contributed by atoms with E-state index in [0.29, 0.717) is 12.3 Å². The average molecular weight is 294 g/mol. The van der Waals surface area contributed by atoms with E-state index in [1.165, 1.54) is 6.07 Å². The maximum absolute atomic E-state index is 13.4. The summed E-state index contributed by atoms with van der Waals surface area (Å²) in [5.41, 5.74) is 0. The second-order valence-electron chi connectivity index (χ2n) is 5.43. The number of carbonyl (C=O) groups excluding carboxylic acids is 1. The second-order valence-corrected chi connectivity index (χ2v) is 5.43. The molecule has 1 aromatic carbocycles. The first kappa shape index (κ1) is 15.8. The van der Waals surface area contributed by atoms with E-state index in [9.17, 15) is 9.18 Å². The van der Waals surface area contributed by atoms with Gasteiger partial charge in [0.05, 0.1) is 13.0 Å². The number of para-hydroxylation sites is 1. The van der Waals surface area contributed by atoms with Crippen molar-refractivity contribution in [1.82, 2.24) is 10.2 Å². The monoisotopic (exact) mass is 294 g/mol. The summed E-state index contributed by atoms with van der Waals surface area (Å²) in [7, 11) is 1.93. The summed E-state index contributed by atoms with van der Waals surface area (Å²) in [6.45, 7) is 2.78. The Morgan fingerprint density at radius 3 is 3.05 bits per heavy atom. The van der Waals surface area contributed by atoms with E-state index < -0.39 is 5.82 Å². The molecule has 1 aliphatic heterocycles. The standard InChI is InChI=1S/C16H23FN2O2/c1-18-11-13-5-4-9-19(12-13)16(20)8-10-21-15-7-3-2-6-14(15)17/h2-3,6-7,13,18H,4-5,8-12H2,1H3. The van der Waals surface area contributed by atoms with Crippen LogP contribution in [0.4, 0.5) is 4.39 Å². The van der Waals surface area contributed by atoms with Crippen molar-refractivity contribution < 1.29 is 13.9 Å². The highest BCUT2D eigenvalue weighted by molar-refractivity contribution is 5.76. The summed E-state index contributed by atoms with van der Waals surface area (Å²) in [5.74, 6) is 0.432. The van der Waals surface area contributed by atoms with Crippen molar-refractivity contribution >= 4 is 5.91 Å². The lowest BCUT2D eigenvalue weighted by Gasteiger charge is -2.32. The van der Waals surface area contributed by atoms with Crippen LogP contribution in [0, 0.1) is 11.7 Å². The van der Waals surface area contributed by atoms with E-state index in [1.807, 2.05) is 11.9 Å². The topological polar surface area (TPSA) is 41.6 Å². The molecule has 1 atom stereocenters. The van der Waals surface area contributed by atoms with Crippen LogP contribution in [0.2, 0.25) is 0 Å². The maximum Gasteiger partial charge on any atom is 0.226 e. The number of nitrogens with one attached hydrogen (secondary N) is 1. The molecular formula is C16H23FN2O2. The minimum Gasteiger partial charge on any atom is -0.490 e. The fourth-order valence-corrected chi connectivity index (χ4v) is 2.72. The molecule has 0 saturated carbocycles. The number of halogens is 1. The van der Waals surface area contributed by atoms with Crippen LogP contribution in [0.5, 0.6) is 5.75 Å². The molecule has 21 heavy (non-hydrogen) atoms. The highest BCUT2D eigenvalue weighted by Crippen LogP contribution is 2.18. The minimum atomic E-state index is -0.392. The zero-order valence-corrected chi connectivity index (χ0v) is 12.5. The molecule has 1 heterocycles. The molecule has 1 fully saturated rings. The van der Waals surface area contributed by atoms with Crippen molar-refractivity contribution in [2.45, 2.75) is 19.3 Å². The van der Waals surface area contributed by atoms with E-state index in [-0.39, 0.29) is 18.3 Å². The van der Waals surface area contributed by atoms with E-state index in [0.717, 1.165) is 32.5 Å². The molecule has 1 amide bonds. The van der Waals surface area contributed by atoms with Gasteiger partial charge in [-0.3, -0.25) is 4.79 Å². The lowest BCUT2D eigenvalue weighted by Crippen LogP contribution is -2.42. The van der Waals surface area contributed by atoms with Gasteiger partial charge in [0, 0.05) is 13.1 Å². The van der Waals surface area contributed by atoms with Crippen LogP contribution in [0.25, 0.3) is 0 Å². The number of likely N-dealkylation sites (tertiary alicyclic amines) is 1. The molecule has 116 valence electrons. The highest BCUT2D eigenvalue weighted by Gasteiger charge is 2.22. The Morgan fingerprint density at radius 2 is 2.29 bits per heavy atom. The Labute approximate surface area is 125 Å². The van der Waals surface area contributed by atoms with E-state index in [4.69, 9.17) is 4.74 Å². The number of carbonyl (C=O) groups is 1. The van der Waals surface area contributed by atoms with Gasteiger partial charge in [-0.15, -0.1) is 0 Å². The molecule has 1 saturated heterocycles. The van der Waals surface area contributed by atoms with Crippen LogP contribution in [0.15, 0.2) is 24.3 Å². The molecule has 2 rings (SSSR count). The summed E-state index contributed by atoms with van der Waals surface area (Å²) < 4.78 is 18.7. The second kappa shape index (κ2) is 7.98. The average Bonchev–Trinajstić information content (AvgIpc) is 2.50. The van der Waals surface area contributed by atoms with Crippen molar-refractivity contribution in [2.75, 3.05) is 33.3 Å². The quantitative estimate of drug-likeness (QED) is 0.873. The summed E-state index contributed by atoms with van der Waals surface area (Å²) in [5, 5.41) is 3.16. The molecule has 0 aromatic heterocycles. The van der Waals surface area contributed by atoms with Crippen LogP contribution in [-0.4, -0.2) is 44.1 Å². The number of nitrogens with zero attached hydrogens (tertiary/aromatic N) is 1. The van der Waals surface area contributed by atoms with Gasteiger partial charge < -0.3 is 15.0 Å². The maximum atomic E-state index is 13.4. The number of hydrogen-bond donors (Lipinski definition) is 1. The number of hydrogen-bond acceptors (Lipinski definition) is 3. The Morgan fingerprint density at radius 1 is 1.48 bits per heavy atom. The van der Waals surface area contributed by atoms with Crippen LogP contribution in [0.1, 0.15) is 19.3 Å².